The van der Waals surface area contributed by atoms with E-state index in [4.69, 9.17) is 16.7 Å². The van der Waals surface area contributed by atoms with E-state index < -0.39 is 11.9 Å². The first-order valence-electron chi connectivity index (χ1n) is 5.82. The molecule has 0 fully saturated rings. The van der Waals surface area contributed by atoms with Crippen LogP contribution in [-0.4, -0.2) is 11.2 Å². The summed E-state index contributed by atoms with van der Waals surface area (Å²) in [6, 6.07) is 11.5. The summed E-state index contributed by atoms with van der Waals surface area (Å²) in [5.74, 6) is -0.609. The highest BCUT2D eigenvalue weighted by Crippen LogP contribution is 2.18. The predicted molar refractivity (Wildman–Crippen MR) is 76.8 cm³/mol. The minimum absolute atomic E-state index is 0.0623. The number of carbonyl (C=O) groups is 1. The van der Waals surface area contributed by atoms with Gasteiger partial charge < -0.3 is 10.4 Å². The molecule has 3 N–H and O–H groups in total. The van der Waals surface area contributed by atoms with Gasteiger partial charge in [0.25, 0.3) is 0 Å². The van der Waals surface area contributed by atoms with Crippen LogP contribution in [0.3, 0.4) is 0 Å². The zero-order valence-corrected chi connectivity index (χ0v) is 11.1. The van der Waals surface area contributed by atoms with Crippen LogP contribution in [-0.2, 0) is 6.54 Å². The lowest BCUT2D eigenvalue weighted by Crippen LogP contribution is -2.09. The van der Waals surface area contributed by atoms with Crippen molar-refractivity contribution in [1.82, 2.24) is 0 Å². The standard InChI is InChI=1S/C14H12ClFN2O2/c15-10-2-4-11(5-3-10)17-8-9-1-6-13(12(16)7-9)18-14(19)20/h1-7,17-18H,8H2,(H,19,20). The van der Waals surface area contributed by atoms with Crippen molar-refractivity contribution in [2.45, 2.75) is 6.54 Å². The number of hydrogen-bond acceptors (Lipinski definition) is 2. The Hall–Kier alpha value is -2.27. The van der Waals surface area contributed by atoms with Crippen LogP contribution in [0.25, 0.3) is 0 Å². The van der Waals surface area contributed by atoms with Crippen molar-refractivity contribution in [3.63, 3.8) is 0 Å². The largest absolute Gasteiger partial charge is 0.465 e. The first-order chi connectivity index (χ1) is 9.54. The fourth-order valence-electron chi connectivity index (χ4n) is 1.66. The summed E-state index contributed by atoms with van der Waals surface area (Å²) < 4.78 is 13.6. The van der Waals surface area contributed by atoms with Gasteiger partial charge in [-0.25, -0.2) is 9.18 Å². The summed E-state index contributed by atoms with van der Waals surface area (Å²) in [6.07, 6.45) is -1.30. The van der Waals surface area contributed by atoms with E-state index in [-0.39, 0.29) is 5.69 Å². The molecule has 2 aromatic rings. The zero-order chi connectivity index (χ0) is 14.5. The summed E-state index contributed by atoms with van der Waals surface area (Å²) in [7, 11) is 0. The molecular weight excluding hydrogens is 283 g/mol. The van der Waals surface area contributed by atoms with Crippen LogP contribution in [0, 0.1) is 5.82 Å². The molecule has 0 spiro atoms. The molecule has 0 unspecified atom stereocenters. The second-order valence-electron chi connectivity index (χ2n) is 4.10. The Morgan fingerprint density at radius 3 is 2.50 bits per heavy atom. The van der Waals surface area contributed by atoms with Gasteiger partial charge >= 0.3 is 6.09 Å². The lowest BCUT2D eigenvalue weighted by Gasteiger charge is -2.08. The average molecular weight is 295 g/mol. The summed E-state index contributed by atoms with van der Waals surface area (Å²) in [5, 5.41) is 14.3. The van der Waals surface area contributed by atoms with Gasteiger partial charge in [0.1, 0.15) is 5.82 Å². The van der Waals surface area contributed by atoms with Crippen molar-refractivity contribution in [1.29, 1.82) is 0 Å². The summed E-state index contributed by atoms with van der Waals surface area (Å²) in [6.45, 7) is 0.423. The quantitative estimate of drug-likeness (QED) is 0.792. The Morgan fingerprint density at radius 2 is 1.90 bits per heavy atom. The highest BCUT2D eigenvalue weighted by Gasteiger charge is 2.06. The third-order valence-electron chi connectivity index (χ3n) is 2.62. The number of carboxylic acid groups (broad SMARTS) is 1. The number of nitrogens with one attached hydrogen (secondary N) is 2. The summed E-state index contributed by atoms with van der Waals surface area (Å²) in [5.41, 5.74) is 1.50. The molecule has 0 radical (unpaired) electrons. The van der Waals surface area contributed by atoms with Crippen LogP contribution in [0.5, 0.6) is 0 Å². The lowest BCUT2D eigenvalue weighted by atomic mass is 10.2. The molecular formula is C14H12ClFN2O2. The van der Waals surface area contributed by atoms with Crippen molar-refractivity contribution in [3.8, 4) is 0 Å². The minimum Gasteiger partial charge on any atom is -0.465 e. The van der Waals surface area contributed by atoms with Gasteiger partial charge in [-0.05, 0) is 42.0 Å². The van der Waals surface area contributed by atoms with Crippen LogP contribution >= 0.6 is 11.6 Å². The molecule has 0 bridgehead atoms. The topological polar surface area (TPSA) is 61.4 Å². The number of rotatable bonds is 4. The van der Waals surface area contributed by atoms with Gasteiger partial charge in [-0.3, -0.25) is 5.32 Å². The van der Waals surface area contributed by atoms with Crippen LogP contribution in [0.15, 0.2) is 42.5 Å². The monoisotopic (exact) mass is 294 g/mol. The van der Waals surface area contributed by atoms with E-state index in [0.717, 1.165) is 5.69 Å². The molecule has 4 nitrogen and oxygen atoms in total. The maximum absolute atomic E-state index is 13.6. The Kier molecular flexibility index (Phi) is 4.42. The SMILES string of the molecule is O=C(O)Nc1ccc(CNc2ccc(Cl)cc2)cc1F. The van der Waals surface area contributed by atoms with E-state index in [1.807, 2.05) is 17.4 Å². The predicted octanol–water partition coefficient (Wildman–Crippen LogP) is 4.18. The molecule has 0 heterocycles. The minimum atomic E-state index is -1.30. The second-order valence-corrected chi connectivity index (χ2v) is 4.54. The number of halogens is 2. The van der Waals surface area contributed by atoms with E-state index in [9.17, 15) is 9.18 Å². The van der Waals surface area contributed by atoms with Gasteiger partial charge in [0, 0.05) is 17.3 Å². The Labute approximate surface area is 120 Å². The van der Waals surface area contributed by atoms with Gasteiger partial charge in [0.15, 0.2) is 0 Å². The Balaban J connectivity index is 2.01. The molecule has 0 saturated heterocycles. The number of hydrogen-bond donors (Lipinski definition) is 3. The van der Waals surface area contributed by atoms with E-state index in [1.165, 1.54) is 12.1 Å². The van der Waals surface area contributed by atoms with Crippen LogP contribution in [0.2, 0.25) is 5.02 Å². The van der Waals surface area contributed by atoms with Gasteiger partial charge in [-0.15, -0.1) is 0 Å². The van der Waals surface area contributed by atoms with Crippen molar-refractivity contribution in [3.05, 3.63) is 58.9 Å². The smallest absolute Gasteiger partial charge is 0.409 e. The van der Waals surface area contributed by atoms with Gasteiger partial charge in [-0.2, -0.15) is 0 Å². The van der Waals surface area contributed by atoms with Gasteiger partial charge in [-0.1, -0.05) is 17.7 Å². The molecule has 0 aliphatic carbocycles. The maximum atomic E-state index is 13.6. The molecule has 20 heavy (non-hydrogen) atoms. The van der Waals surface area contributed by atoms with Crippen LogP contribution in [0.4, 0.5) is 20.6 Å². The first kappa shape index (κ1) is 14.1. The number of amides is 1. The molecule has 0 saturated carbocycles. The Bertz CT molecular complexity index is 617. The fraction of sp³-hybridized carbons (Fsp3) is 0.0714. The van der Waals surface area contributed by atoms with E-state index in [2.05, 4.69) is 5.32 Å². The third kappa shape index (κ3) is 3.86. The third-order valence-corrected chi connectivity index (χ3v) is 2.87. The molecule has 1 amide bonds. The lowest BCUT2D eigenvalue weighted by molar-refractivity contribution is 0.209. The molecule has 104 valence electrons. The van der Waals surface area contributed by atoms with Crippen LogP contribution in [0.1, 0.15) is 5.56 Å². The Morgan fingerprint density at radius 1 is 1.20 bits per heavy atom. The normalized spacial score (nSPS) is 10.1. The van der Waals surface area contributed by atoms with Gasteiger partial charge in [0.05, 0.1) is 5.69 Å². The maximum Gasteiger partial charge on any atom is 0.409 e. The van der Waals surface area contributed by atoms with Crippen molar-refractivity contribution in [2.24, 2.45) is 0 Å². The number of anilines is 2. The summed E-state index contributed by atoms with van der Waals surface area (Å²) in [4.78, 5) is 10.4. The van der Waals surface area contributed by atoms with Crippen molar-refractivity contribution < 1.29 is 14.3 Å². The molecule has 2 aromatic carbocycles. The average Bonchev–Trinajstić information content (AvgIpc) is 2.40. The van der Waals surface area contributed by atoms with E-state index >= 15 is 0 Å². The van der Waals surface area contributed by atoms with Gasteiger partial charge in [0.2, 0.25) is 0 Å². The summed E-state index contributed by atoms with van der Waals surface area (Å²) >= 11 is 5.78. The molecule has 0 aromatic heterocycles. The fourth-order valence-corrected chi connectivity index (χ4v) is 1.78. The van der Waals surface area contributed by atoms with E-state index in [1.54, 1.807) is 18.2 Å². The molecule has 6 heteroatoms. The molecule has 0 atom stereocenters. The highest BCUT2D eigenvalue weighted by atomic mass is 35.5. The van der Waals surface area contributed by atoms with E-state index in [0.29, 0.717) is 17.1 Å². The highest BCUT2D eigenvalue weighted by molar-refractivity contribution is 6.30. The molecule has 0 aliphatic rings. The second kappa shape index (κ2) is 6.25. The first-order valence-corrected chi connectivity index (χ1v) is 6.20. The molecule has 0 aliphatic heterocycles. The number of benzene rings is 2. The zero-order valence-electron chi connectivity index (χ0n) is 10.4. The molecule has 2 rings (SSSR count). The van der Waals surface area contributed by atoms with Crippen molar-refractivity contribution >= 4 is 29.1 Å². The van der Waals surface area contributed by atoms with Crippen molar-refractivity contribution in [2.75, 3.05) is 10.6 Å². The van der Waals surface area contributed by atoms with Crippen LogP contribution < -0.4 is 10.6 Å².